The topological polar surface area (TPSA) is 102 Å². The van der Waals surface area contributed by atoms with E-state index in [1.807, 2.05) is 25.1 Å². The summed E-state index contributed by atoms with van der Waals surface area (Å²) >= 11 is 0. The quantitative estimate of drug-likeness (QED) is 0.607. The zero-order valence-electron chi connectivity index (χ0n) is 18.2. The Hall–Kier alpha value is -2.91. The van der Waals surface area contributed by atoms with Gasteiger partial charge in [-0.2, -0.15) is 4.31 Å². The highest BCUT2D eigenvalue weighted by atomic mass is 32.2. The third-order valence-electron chi connectivity index (χ3n) is 5.37. The van der Waals surface area contributed by atoms with Gasteiger partial charge in [-0.3, -0.25) is 9.59 Å². The Morgan fingerprint density at radius 3 is 2.53 bits per heavy atom. The van der Waals surface area contributed by atoms with Crippen molar-refractivity contribution < 1.29 is 27.5 Å². The molecule has 1 atom stereocenters. The monoisotopic (exact) mass is 460 g/mol. The molecule has 8 nitrogen and oxygen atoms in total. The molecule has 1 aliphatic heterocycles. The number of methoxy groups -OCH3 is 1. The van der Waals surface area contributed by atoms with Crippen LogP contribution >= 0.6 is 0 Å². The molecule has 1 fully saturated rings. The number of ether oxygens (including phenoxy) is 2. The highest BCUT2D eigenvalue weighted by Crippen LogP contribution is 2.26. The molecule has 1 heterocycles. The van der Waals surface area contributed by atoms with E-state index >= 15 is 0 Å². The number of rotatable bonds is 8. The molecular formula is C23H28N2O6S. The average molecular weight is 461 g/mol. The number of nitrogens with one attached hydrogen (secondary N) is 1. The van der Waals surface area contributed by atoms with Crippen molar-refractivity contribution in [3.05, 3.63) is 59.7 Å². The summed E-state index contributed by atoms with van der Waals surface area (Å²) in [6.07, 6.45) is 1.72. The molecule has 0 aliphatic carbocycles. The first kappa shape index (κ1) is 23.7. The van der Waals surface area contributed by atoms with Gasteiger partial charge in [0.15, 0.2) is 6.61 Å². The molecule has 1 N–H and O–H groups in total. The maximum atomic E-state index is 13.1. The Bertz CT molecular complexity index is 1050. The summed E-state index contributed by atoms with van der Waals surface area (Å²) in [6, 6.07) is 12.8. The first-order valence-corrected chi connectivity index (χ1v) is 11.9. The van der Waals surface area contributed by atoms with Gasteiger partial charge in [0.05, 0.1) is 12.0 Å². The van der Waals surface area contributed by atoms with Crippen molar-refractivity contribution in [2.45, 2.75) is 43.7 Å². The lowest BCUT2D eigenvalue weighted by Gasteiger charge is -2.33. The van der Waals surface area contributed by atoms with Gasteiger partial charge in [-0.05, 0) is 44.4 Å². The molecule has 32 heavy (non-hydrogen) atoms. The summed E-state index contributed by atoms with van der Waals surface area (Å²) in [5, 5.41) is 2.68. The SMILES string of the molecule is COc1ccccc1CNC(=O)COC(=O)C1CCCCN1S(=O)(=O)c1ccc(C)cc1. The van der Waals surface area contributed by atoms with Gasteiger partial charge in [-0.15, -0.1) is 0 Å². The minimum absolute atomic E-state index is 0.136. The van der Waals surface area contributed by atoms with Crippen molar-refractivity contribution in [3.63, 3.8) is 0 Å². The second-order valence-electron chi connectivity index (χ2n) is 7.64. The number of hydrogen-bond donors (Lipinski definition) is 1. The van der Waals surface area contributed by atoms with E-state index in [0.29, 0.717) is 25.0 Å². The summed E-state index contributed by atoms with van der Waals surface area (Å²) in [4.78, 5) is 25.0. The molecule has 1 saturated heterocycles. The number of sulfonamides is 1. The number of carbonyl (C=O) groups is 2. The summed E-state index contributed by atoms with van der Waals surface area (Å²) in [7, 11) is -2.30. The van der Waals surface area contributed by atoms with Crippen LogP contribution in [-0.2, 0) is 30.9 Å². The predicted octanol–water partition coefficient (Wildman–Crippen LogP) is 2.41. The minimum Gasteiger partial charge on any atom is -0.496 e. The third kappa shape index (κ3) is 5.66. The van der Waals surface area contributed by atoms with E-state index in [1.54, 1.807) is 25.3 Å². The summed E-state index contributed by atoms with van der Waals surface area (Å²) < 4.78 is 37.8. The van der Waals surface area contributed by atoms with Crippen LogP contribution in [0.4, 0.5) is 0 Å². The largest absolute Gasteiger partial charge is 0.496 e. The molecule has 1 amide bonds. The van der Waals surface area contributed by atoms with Crippen LogP contribution in [0.2, 0.25) is 0 Å². The van der Waals surface area contributed by atoms with E-state index in [1.165, 1.54) is 16.4 Å². The van der Waals surface area contributed by atoms with Crippen LogP contribution in [0.3, 0.4) is 0 Å². The second kappa shape index (κ2) is 10.6. The molecule has 3 rings (SSSR count). The van der Waals surface area contributed by atoms with Crippen molar-refractivity contribution >= 4 is 21.9 Å². The fourth-order valence-electron chi connectivity index (χ4n) is 3.60. The minimum atomic E-state index is -3.85. The molecule has 2 aromatic rings. The van der Waals surface area contributed by atoms with Crippen molar-refractivity contribution in [1.82, 2.24) is 9.62 Å². The van der Waals surface area contributed by atoms with E-state index in [2.05, 4.69) is 5.32 Å². The van der Waals surface area contributed by atoms with Crippen LogP contribution in [-0.4, -0.2) is 50.9 Å². The number of benzene rings is 2. The number of hydrogen-bond acceptors (Lipinski definition) is 6. The molecule has 0 radical (unpaired) electrons. The van der Waals surface area contributed by atoms with Crippen LogP contribution in [0.1, 0.15) is 30.4 Å². The molecule has 9 heteroatoms. The molecule has 0 aromatic heterocycles. The van der Waals surface area contributed by atoms with Gasteiger partial charge >= 0.3 is 5.97 Å². The van der Waals surface area contributed by atoms with E-state index in [0.717, 1.165) is 11.1 Å². The zero-order chi connectivity index (χ0) is 23.1. The van der Waals surface area contributed by atoms with Crippen molar-refractivity contribution in [2.75, 3.05) is 20.3 Å². The van der Waals surface area contributed by atoms with Gasteiger partial charge in [-0.1, -0.05) is 35.9 Å². The maximum absolute atomic E-state index is 13.1. The van der Waals surface area contributed by atoms with Crippen LogP contribution < -0.4 is 10.1 Å². The second-order valence-corrected chi connectivity index (χ2v) is 9.53. The number of piperidine rings is 1. The molecule has 1 unspecified atom stereocenters. The third-order valence-corrected chi connectivity index (χ3v) is 7.29. The lowest BCUT2D eigenvalue weighted by atomic mass is 10.1. The van der Waals surface area contributed by atoms with Gasteiger partial charge in [0.1, 0.15) is 11.8 Å². The van der Waals surface area contributed by atoms with Crippen LogP contribution in [0.25, 0.3) is 0 Å². The van der Waals surface area contributed by atoms with Crippen molar-refractivity contribution in [2.24, 2.45) is 0 Å². The van der Waals surface area contributed by atoms with E-state index in [-0.39, 0.29) is 18.0 Å². The Labute approximate surface area is 188 Å². The number of aryl methyl sites for hydroxylation is 1. The van der Waals surface area contributed by atoms with Gasteiger partial charge in [0.2, 0.25) is 10.0 Å². The molecule has 0 bridgehead atoms. The van der Waals surface area contributed by atoms with Crippen LogP contribution in [0.5, 0.6) is 5.75 Å². The van der Waals surface area contributed by atoms with Crippen LogP contribution in [0, 0.1) is 6.92 Å². The fourth-order valence-corrected chi connectivity index (χ4v) is 5.25. The Morgan fingerprint density at radius 1 is 1.09 bits per heavy atom. The lowest BCUT2D eigenvalue weighted by Crippen LogP contribution is -2.49. The Balaban J connectivity index is 1.60. The lowest BCUT2D eigenvalue weighted by molar-refractivity contribution is -0.153. The number of carbonyl (C=O) groups excluding carboxylic acids is 2. The molecule has 0 saturated carbocycles. The molecule has 0 spiro atoms. The van der Waals surface area contributed by atoms with E-state index in [9.17, 15) is 18.0 Å². The predicted molar refractivity (Wildman–Crippen MR) is 119 cm³/mol. The first-order valence-electron chi connectivity index (χ1n) is 10.5. The van der Waals surface area contributed by atoms with Gasteiger partial charge in [0, 0.05) is 18.7 Å². The Kier molecular flexibility index (Phi) is 7.87. The van der Waals surface area contributed by atoms with E-state index < -0.39 is 34.5 Å². The van der Waals surface area contributed by atoms with Crippen LogP contribution in [0.15, 0.2) is 53.4 Å². The normalized spacial score (nSPS) is 16.9. The standard InChI is InChI=1S/C23H28N2O6S/c1-17-10-12-19(13-11-17)32(28,29)25-14-6-5-8-20(25)23(27)31-16-22(26)24-15-18-7-3-4-9-21(18)30-2/h3-4,7,9-13,20H,5-6,8,14-16H2,1-2H3,(H,24,26). The highest BCUT2D eigenvalue weighted by Gasteiger charge is 2.38. The number of esters is 1. The molecule has 1 aliphatic rings. The number of nitrogens with zero attached hydrogens (tertiary/aromatic N) is 1. The van der Waals surface area contributed by atoms with Gasteiger partial charge in [0.25, 0.3) is 5.91 Å². The molecular weight excluding hydrogens is 432 g/mol. The maximum Gasteiger partial charge on any atom is 0.324 e. The number of para-hydroxylation sites is 1. The van der Waals surface area contributed by atoms with Gasteiger partial charge in [-0.25, -0.2) is 8.42 Å². The number of amides is 1. The summed E-state index contributed by atoms with van der Waals surface area (Å²) in [5.74, 6) is -0.551. The average Bonchev–Trinajstić information content (AvgIpc) is 2.81. The summed E-state index contributed by atoms with van der Waals surface area (Å²) in [5.41, 5.74) is 1.73. The smallest absolute Gasteiger partial charge is 0.324 e. The van der Waals surface area contributed by atoms with Gasteiger partial charge < -0.3 is 14.8 Å². The highest BCUT2D eigenvalue weighted by molar-refractivity contribution is 7.89. The van der Waals surface area contributed by atoms with Crippen molar-refractivity contribution in [1.29, 1.82) is 0 Å². The first-order chi connectivity index (χ1) is 15.3. The Morgan fingerprint density at radius 2 is 1.81 bits per heavy atom. The van der Waals surface area contributed by atoms with Crippen molar-refractivity contribution in [3.8, 4) is 5.75 Å². The summed E-state index contributed by atoms with van der Waals surface area (Å²) in [6.45, 7) is 1.84. The van der Waals surface area contributed by atoms with E-state index in [4.69, 9.17) is 9.47 Å². The zero-order valence-corrected chi connectivity index (χ0v) is 19.1. The molecule has 2 aromatic carbocycles. The molecule has 172 valence electrons. The fraction of sp³-hybridized carbons (Fsp3) is 0.391.